The summed E-state index contributed by atoms with van der Waals surface area (Å²) in [5, 5.41) is 4.32. The molecule has 0 saturated carbocycles. The number of benzene rings is 1. The van der Waals surface area contributed by atoms with Gasteiger partial charge in [-0.15, -0.1) is 0 Å². The number of hydrogen-bond donors (Lipinski definition) is 0. The van der Waals surface area contributed by atoms with Crippen LogP contribution in [0.3, 0.4) is 0 Å². The van der Waals surface area contributed by atoms with Crippen molar-refractivity contribution in [3.05, 3.63) is 47.9 Å². The third-order valence-electron chi connectivity index (χ3n) is 5.43. The Morgan fingerprint density at radius 3 is 2.44 bits per heavy atom. The number of carbonyl (C=O) groups is 2. The maximum absolute atomic E-state index is 13.8. The van der Waals surface area contributed by atoms with E-state index < -0.39 is 0 Å². The molecular formula is C18H16FN3O3. The molecule has 0 spiro atoms. The minimum atomic E-state index is -0.372. The van der Waals surface area contributed by atoms with Gasteiger partial charge in [-0.05, 0) is 18.9 Å². The molecule has 0 aliphatic carbocycles. The second-order valence-electron chi connectivity index (χ2n) is 6.82. The number of carbonyl (C=O) groups excluding carboxylic acids is 2. The lowest BCUT2D eigenvalue weighted by molar-refractivity contribution is -0.124. The Morgan fingerprint density at radius 1 is 1.08 bits per heavy atom. The van der Waals surface area contributed by atoms with E-state index in [0.717, 1.165) is 12.8 Å². The van der Waals surface area contributed by atoms with Crippen LogP contribution in [0.1, 0.15) is 18.4 Å². The number of ether oxygens (including phenoxy) is 1. The van der Waals surface area contributed by atoms with E-state index in [4.69, 9.17) is 4.74 Å². The first-order valence-electron chi connectivity index (χ1n) is 8.43. The van der Waals surface area contributed by atoms with Crippen molar-refractivity contribution in [3.8, 4) is 0 Å². The topological polar surface area (TPSA) is 64.4 Å². The van der Waals surface area contributed by atoms with E-state index in [-0.39, 0.29) is 48.2 Å². The maximum Gasteiger partial charge on any atom is 0.241 e. The first-order valence-corrected chi connectivity index (χ1v) is 8.43. The van der Waals surface area contributed by atoms with E-state index in [1.54, 1.807) is 30.5 Å². The van der Waals surface area contributed by atoms with Crippen LogP contribution in [0.4, 0.5) is 10.2 Å². The van der Waals surface area contributed by atoms with Gasteiger partial charge in [0, 0.05) is 17.8 Å². The summed E-state index contributed by atoms with van der Waals surface area (Å²) in [6.07, 6.45) is 3.04. The van der Waals surface area contributed by atoms with Crippen molar-refractivity contribution in [3.63, 3.8) is 0 Å². The third kappa shape index (κ3) is 2.08. The first-order chi connectivity index (χ1) is 12.1. The number of anilines is 1. The molecule has 4 heterocycles. The molecular weight excluding hydrogens is 325 g/mol. The van der Waals surface area contributed by atoms with Crippen LogP contribution >= 0.6 is 0 Å². The zero-order chi connectivity index (χ0) is 17.1. The molecule has 0 N–H and O–H groups in total. The maximum atomic E-state index is 13.8. The fraction of sp³-hybridized carbons (Fsp3) is 0.389. The van der Waals surface area contributed by atoms with Crippen LogP contribution in [-0.4, -0.2) is 33.8 Å². The number of amides is 2. The summed E-state index contributed by atoms with van der Waals surface area (Å²) >= 11 is 0. The van der Waals surface area contributed by atoms with Crippen LogP contribution in [0.25, 0.3) is 0 Å². The Labute approximate surface area is 143 Å². The molecule has 7 heteroatoms. The fourth-order valence-electron chi connectivity index (χ4n) is 4.30. The average molecular weight is 341 g/mol. The summed E-state index contributed by atoms with van der Waals surface area (Å²) in [6, 6.07) is 8.09. The van der Waals surface area contributed by atoms with Crippen LogP contribution in [0.2, 0.25) is 0 Å². The van der Waals surface area contributed by atoms with E-state index in [0.29, 0.717) is 11.4 Å². The molecule has 3 aliphatic heterocycles. The van der Waals surface area contributed by atoms with Crippen molar-refractivity contribution in [1.29, 1.82) is 0 Å². The molecule has 0 radical (unpaired) electrons. The molecule has 128 valence electrons. The Morgan fingerprint density at radius 2 is 1.76 bits per heavy atom. The molecule has 2 aromatic rings. The third-order valence-corrected chi connectivity index (χ3v) is 5.43. The zero-order valence-electron chi connectivity index (χ0n) is 13.3. The molecule has 25 heavy (non-hydrogen) atoms. The number of nitrogens with zero attached hydrogens (tertiary/aromatic N) is 3. The highest BCUT2D eigenvalue weighted by molar-refractivity contribution is 6.22. The van der Waals surface area contributed by atoms with Crippen LogP contribution in [0, 0.1) is 17.7 Å². The minimum Gasteiger partial charge on any atom is -0.373 e. The van der Waals surface area contributed by atoms with Crippen molar-refractivity contribution in [2.75, 3.05) is 4.90 Å². The van der Waals surface area contributed by atoms with Crippen molar-refractivity contribution in [2.45, 2.75) is 31.6 Å². The zero-order valence-corrected chi connectivity index (χ0v) is 13.3. The predicted molar refractivity (Wildman–Crippen MR) is 85.1 cm³/mol. The van der Waals surface area contributed by atoms with Crippen LogP contribution < -0.4 is 4.90 Å². The Bertz CT molecular complexity index is 852. The lowest BCUT2D eigenvalue weighted by atomic mass is 9.81. The number of halogens is 1. The SMILES string of the molecule is O=C1[C@@H]2[C@H](C(=O)N1c1ccn(Cc3ccccc3F)n1)[C@H]1CC[C@H]2O1. The number of rotatable bonds is 3. The van der Waals surface area contributed by atoms with Crippen LogP contribution in [0.15, 0.2) is 36.5 Å². The summed E-state index contributed by atoms with van der Waals surface area (Å²) in [7, 11) is 0. The molecule has 6 nitrogen and oxygen atoms in total. The number of aromatic nitrogens is 2. The van der Waals surface area contributed by atoms with Crippen molar-refractivity contribution < 1.29 is 18.7 Å². The van der Waals surface area contributed by atoms with Gasteiger partial charge in [0.05, 0.1) is 30.6 Å². The van der Waals surface area contributed by atoms with Gasteiger partial charge in [0.1, 0.15) is 5.82 Å². The van der Waals surface area contributed by atoms with Gasteiger partial charge in [-0.2, -0.15) is 5.10 Å². The highest BCUT2D eigenvalue weighted by Crippen LogP contribution is 2.49. The predicted octanol–water partition coefficient (Wildman–Crippen LogP) is 1.74. The van der Waals surface area contributed by atoms with Gasteiger partial charge in [0.25, 0.3) is 0 Å². The molecule has 3 aliphatic rings. The van der Waals surface area contributed by atoms with Crippen molar-refractivity contribution >= 4 is 17.6 Å². The largest absolute Gasteiger partial charge is 0.373 e. The second-order valence-corrected chi connectivity index (χ2v) is 6.82. The quantitative estimate of drug-likeness (QED) is 0.798. The lowest BCUT2D eigenvalue weighted by Crippen LogP contribution is -2.34. The Hall–Kier alpha value is -2.54. The summed E-state index contributed by atoms with van der Waals surface area (Å²) < 4.78 is 21.0. The highest BCUT2D eigenvalue weighted by Gasteiger charge is 2.63. The van der Waals surface area contributed by atoms with E-state index in [1.165, 1.54) is 15.6 Å². The van der Waals surface area contributed by atoms with Gasteiger partial charge >= 0.3 is 0 Å². The highest BCUT2D eigenvalue weighted by atomic mass is 19.1. The van der Waals surface area contributed by atoms with Gasteiger partial charge in [-0.3, -0.25) is 14.3 Å². The molecule has 1 aromatic carbocycles. The van der Waals surface area contributed by atoms with E-state index in [1.807, 2.05) is 0 Å². The first kappa shape index (κ1) is 14.8. The van der Waals surface area contributed by atoms with E-state index >= 15 is 0 Å². The molecule has 3 saturated heterocycles. The molecule has 2 bridgehead atoms. The summed E-state index contributed by atoms with van der Waals surface area (Å²) in [4.78, 5) is 26.6. The normalized spacial score (nSPS) is 30.4. The molecule has 3 fully saturated rings. The van der Waals surface area contributed by atoms with Gasteiger partial charge in [-0.1, -0.05) is 18.2 Å². The Kier molecular flexibility index (Phi) is 3.09. The number of fused-ring (bicyclic) bond motifs is 5. The van der Waals surface area contributed by atoms with Gasteiger partial charge in [-0.25, -0.2) is 9.29 Å². The average Bonchev–Trinajstić information content (AvgIpc) is 3.35. The van der Waals surface area contributed by atoms with E-state index in [2.05, 4.69) is 5.10 Å². The van der Waals surface area contributed by atoms with Gasteiger partial charge < -0.3 is 4.74 Å². The standard InChI is InChI=1S/C18H16FN3O3/c19-11-4-2-1-3-10(11)9-21-8-7-14(20-21)22-17(23)15-12-5-6-13(25-12)16(15)18(22)24/h1-4,7-8,12-13,15-16H,5-6,9H2/t12-,13-,15-,16+/m1/s1. The monoisotopic (exact) mass is 341 g/mol. The van der Waals surface area contributed by atoms with Crippen LogP contribution in [-0.2, 0) is 20.9 Å². The molecule has 2 amide bonds. The smallest absolute Gasteiger partial charge is 0.241 e. The summed E-state index contributed by atoms with van der Waals surface area (Å²) in [5.41, 5.74) is 0.500. The fourth-order valence-corrected chi connectivity index (χ4v) is 4.30. The minimum absolute atomic E-state index is 0.142. The number of imide groups is 1. The molecule has 5 rings (SSSR count). The number of hydrogen-bond acceptors (Lipinski definition) is 4. The molecule has 1 aromatic heterocycles. The van der Waals surface area contributed by atoms with Crippen LogP contribution in [0.5, 0.6) is 0 Å². The molecule has 0 unspecified atom stereocenters. The lowest BCUT2D eigenvalue weighted by Gasteiger charge is -2.15. The van der Waals surface area contributed by atoms with Crippen molar-refractivity contribution in [2.24, 2.45) is 11.8 Å². The summed E-state index contributed by atoms with van der Waals surface area (Å²) in [5.74, 6) is -1.20. The summed E-state index contributed by atoms with van der Waals surface area (Å²) in [6.45, 7) is 0.240. The molecule has 4 atom stereocenters. The van der Waals surface area contributed by atoms with Gasteiger partial charge in [0.15, 0.2) is 5.82 Å². The van der Waals surface area contributed by atoms with Gasteiger partial charge in [0.2, 0.25) is 11.8 Å². The van der Waals surface area contributed by atoms with Crippen molar-refractivity contribution in [1.82, 2.24) is 9.78 Å². The second kappa shape index (κ2) is 5.23. The van der Waals surface area contributed by atoms with E-state index in [9.17, 15) is 14.0 Å². The Balaban J connectivity index is 1.41.